The van der Waals surface area contributed by atoms with Crippen molar-refractivity contribution in [2.75, 3.05) is 52.9 Å². The Balaban J connectivity index is 1.51. The topological polar surface area (TPSA) is 9.72 Å². The SMILES string of the molecule is CN1CCN2CCN(CC(c3ccccc3)c3ccccc3)C[C@@H]2C1. The highest BCUT2D eigenvalue weighted by atomic mass is 15.3. The predicted octanol–water partition coefficient (Wildman–Crippen LogP) is 2.75. The first-order valence-electron chi connectivity index (χ1n) is 9.54. The van der Waals surface area contributed by atoms with Crippen LogP contribution in [0.25, 0.3) is 0 Å². The molecule has 2 fully saturated rings. The van der Waals surface area contributed by atoms with Crippen molar-refractivity contribution in [2.24, 2.45) is 0 Å². The zero-order valence-electron chi connectivity index (χ0n) is 15.2. The minimum atomic E-state index is 0.454. The van der Waals surface area contributed by atoms with Crippen molar-refractivity contribution >= 4 is 0 Å². The Morgan fingerprint density at radius 3 is 2.04 bits per heavy atom. The summed E-state index contributed by atoms with van der Waals surface area (Å²) in [7, 11) is 2.26. The molecule has 2 heterocycles. The molecule has 2 saturated heterocycles. The second-order valence-electron chi connectivity index (χ2n) is 7.59. The van der Waals surface area contributed by atoms with Gasteiger partial charge in [0.25, 0.3) is 0 Å². The van der Waals surface area contributed by atoms with Crippen LogP contribution >= 0.6 is 0 Å². The van der Waals surface area contributed by atoms with Gasteiger partial charge in [0.1, 0.15) is 0 Å². The Morgan fingerprint density at radius 2 is 1.40 bits per heavy atom. The summed E-state index contributed by atoms with van der Waals surface area (Å²) in [4.78, 5) is 7.86. The number of piperazine rings is 2. The van der Waals surface area contributed by atoms with Crippen LogP contribution in [0, 0.1) is 0 Å². The molecule has 2 aliphatic rings. The van der Waals surface area contributed by atoms with Gasteiger partial charge in [-0.1, -0.05) is 60.7 Å². The van der Waals surface area contributed by atoms with Crippen LogP contribution in [0.2, 0.25) is 0 Å². The number of nitrogens with zero attached hydrogens (tertiary/aromatic N) is 3. The molecular formula is C22H29N3. The van der Waals surface area contributed by atoms with E-state index in [-0.39, 0.29) is 0 Å². The van der Waals surface area contributed by atoms with Gasteiger partial charge >= 0.3 is 0 Å². The maximum absolute atomic E-state index is 2.69. The summed E-state index contributed by atoms with van der Waals surface area (Å²) in [5.41, 5.74) is 2.86. The number of benzene rings is 2. The monoisotopic (exact) mass is 335 g/mol. The summed E-state index contributed by atoms with van der Waals surface area (Å²) in [6.07, 6.45) is 0. The molecule has 3 nitrogen and oxygen atoms in total. The van der Waals surface area contributed by atoms with Gasteiger partial charge in [-0.2, -0.15) is 0 Å². The predicted molar refractivity (Wildman–Crippen MR) is 104 cm³/mol. The standard InChI is InChI=1S/C22H29N3/c1-23-12-14-25-15-13-24(17-21(25)16-23)18-22(19-8-4-2-5-9-19)20-10-6-3-7-11-20/h2-11,21-22H,12-18H2,1H3/t21-/m0/s1. The van der Waals surface area contributed by atoms with Gasteiger partial charge < -0.3 is 4.90 Å². The first-order chi connectivity index (χ1) is 12.3. The Hall–Kier alpha value is -1.68. The molecule has 4 rings (SSSR count). The lowest BCUT2D eigenvalue weighted by Gasteiger charge is -2.47. The highest BCUT2D eigenvalue weighted by Gasteiger charge is 2.32. The fourth-order valence-electron chi connectivity index (χ4n) is 4.37. The molecule has 0 bridgehead atoms. The minimum absolute atomic E-state index is 0.454. The number of hydrogen-bond acceptors (Lipinski definition) is 3. The average Bonchev–Trinajstić information content (AvgIpc) is 2.67. The van der Waals surface area contributed by atoms with Crippen LogP contribution in [0.3, 0.4) is 0 Å². The van der Waals surface area contributed by atoms with Gasteiger partial charge in [0, 0.05) is 57.8 Å². The summed E-state index contributed by atoms with van der Waals surface area (Å²) in [6, 6.07) is 22.7. The molecule has 132 valence electrons. The molecule has 2 aromatic carbocycles. The van der Waals surface area contributed by atoms with E-state index in [0.717, 1.165) is 6.54 Å². The second-order valence-corrected chi connectivity index (χ2v) is 7.59. The smallest absolute Gasteiger partial charge is 0.0351 e. The largest absolute Gasteiger partial charge is 0.303 e. The van der Waals surface area contributed by atoms with E-state index in [9.17, 15) is 0 Å². The van der Waals surface area contributed by atoms with Crippen LogP contribution in [0.4, 0.5) is 0 Å². The lowest BCUT2D eigenvalue weighted by atomic mass is 9.90. The van der Waals surface area contributed by atoms with Gasteiger partial charge in [0.2, 0.25) is 0 Å². The van der Waals surface area contributed by atoms with Crippen LogP contribution in [0.15, 0.2) is 60.7 Å². The third-order valence-corrected chi connectivity index (χ3v) is 5.82. The van der Waals surface area contributed by atoms with Crippen LogP contribution in [0.1, 0.15) is 17.0 Å². The Bertz CT molecular complexity index is 618. The second kappa shape index (κ2) is 7.69. The molecular weight excluding hydrogens is 306 g/mol. The summed E-state index contributed by atoms with van der Waals surface area (Å²) >= 11 is 0. The molecule has 0 aromatic heterocycles. The number of rotatable bonds is 4. The third-order valence-electron chi connectivity index (χ3n) is 5.82. The molecule has 0 spiro atoms. The van der Waals surface area contributed by atoms with E-state index in [1.54, 1.807) is 0 Å². The van der Waals surface area contributed by atoms with Crippen molar-refractivity contribution in [3.05, 3.63) is 71.8 Å². The highest BCUT2D eigenvalue weighted by Crippen LogP contribution is 2.27. The Morgan fingerprint density at radius 1 is 0.800 bits per heavy atom. The van der Waals surface area contributed by atoms with E-state index < -0.39 is 0 Å². The zero-order valence-corrected chi connectivity index (χ0v) is 15.2. The molecule has 0 aliphatic carbocycles. The quantitative estimate of drug-likeness (QED) is 0.851. The number of likely N-dealkylation sites (N-methyl/N-ethyl adjacent to an activating group) is 1. The average molecular weight is 335 g/mol. The van der Waals surface area contributed by atoms with Gasteiger partial charge in [-0.25, -0.2) is 0 Å². The fourth-order valence-corrected chi connectivity index (χ4v) is 4.37. The molecule has 0 amide bonds. The summed E-state index contributed by atoms with van der Waals surface area (Å²) in [5, 5.41) is 0. The maximum atomic E-state index is 2.69. The Labute approximate surface area is 151 Å². The van der Waals surface area contributed by atoms with Gasteiger partial charge in [-0.15, -0.1) is 0 Å². The van der Waals surface area contributed by atoms with Crippen molar-refractivity contribution in [1.82, 2.24) is 14.7 Å². The van der Waals surface area contributed by atoms with E-state index in [2.05, 4.69) is 82.4 Å². The molecule has 0 unspecified atom stereocenters. The first-order valence-corrected chi connectivity index (χ1v) is 9.54. The number of fused-ring (bicyclic) bond motifs is 1. The van der Waals surface area contributed by atoms with E-state index in [1.165, 1.54) is 50.4 Å². The maximum Gasteiger partial charge on any atom is 0.0351 e. The molecule has 3 heteroatoms. The molecule has 0 saturated carbocycles. The van der Waals surface area contributed by atoms with E-state index in [4.69, 9.17) is 0 Å². The van der Waals surface area contributed by atoms with Crippen LogP contribution < -0.4 is 0 Å². The van der Waals surface area contributed by atoms with Crippen molar-refractivity contribution in [2.45, 2.75) is 12.0 Å². The van der Waals surface area contributed by atoms with E-state index in [1.807, 2.05) is 0 Å². The van der Waals surface area contributed by atoms with Crippen LogP contribution in [-0.2, 0) is 0 Å². The molecule has 0 radical (unpaired) electrons. The minimum Gasteiger partial charge on any atom is -0.303 e. The lowest BCUT2D eigenvalue weighted by molar-refractivity contribution is 0.0194. The normalized spacial score (nSPS) is 22.9. The molecule has 1 atom stereocenters. The van der Waals surface area contributed by atoms with Gasteiger partial charge in [-0.3, -0.25) is 9.80 Å². The fraction of sp³-hybridized carbons (Fsp3) is 0.455. The zero-order chi connectivity index (χ0) is 17.1. The van der Waals surface area contributed by atoms with E-state index >= 15 is 0 Å². The number of hydrogen-bond donors (Lipinski definition) is 0. The Kier molecular flexibility index (Phi) is 5.16. The van der Waals surface area contributed by atoms with Crippen LogP contribution in [0.5, 0.6) is 0 Å². The van der Waals surface area contributed by atoms with Gasteiger partial charge in [-0.05, 0) is 18.2 Å². The molecule has 2 aromatic rings. The van der Waals surface area contributed by atoms with E-state index in [0.29, 0.717) is 12.0 Å². The van der Waals surface area contributed by atoms with Crippen molar-refractivity contribution in [3.63, 3.8) is 0 Å². The van der Waals surface area contributed by atoms with Gasteiger partial charge in [0.15, 0.2) is 0 Å². The van der Waals surface area contributed by atoms with Crippen LogP contribution in [-0.4, -0.2) is 73.6 Å². The van der Waals surface area contributed by atoms with Crippen molar-refractivity contribution in [1.29, 1.82) is 0 Å². The summed E-state index contributed by atoms with van der Waals surface area (Å²) in [5.74, 6) is 0.454. The van der Waals surface area contributed by atoms with Crippen molar-refractivity contribution in [3.8, 4) is 0 Å². The molecule has 2 aliphatic heterocycles. The van der Waals surface area contributed by atoms with Crippen molar-refractivity contribution < 1.29 is 0 Å². The molecule has 0 N–H and O–H groups in total. The lowest BCUT2D eigenvalue weighted by Crippen LogP contribution is -2.61. The third kappa shape index (κ3) is 3.95. The summed E-state index contributed by atoms with van der Waals surface area (Å²) in [6.45, 7) is 8.37. The first kappa shape index (κ1) is 16.8. The van der Waals surface area contributed by atoms with Gasteiger partial charge in [0.05, 0.1) is 0 Å². The summed E-state index contributed by atoms with van der Waals surface area (Å²) < 4.78 is 0. The highest BCUT2D eigenvalue weighted by molar-refractivity contribution is 5.32. The molecule has 25 heavy (non-hydrogen) atoms.